The quantitative estimate of drug-likeness (QED) is 0.274. The minimum Gasteiger partial charge on any atom is -0.508 e. The van der Waals surface area contributed by atoms with Gasteiger partial charge in [0.1, 0.15) is 29.1 Å². The molecule has 9 nitrogen and oxygen atoms in total. The van der Waals surface area contributed by atoms with Gasteiger partial charge in [0.2, 0.25) is 0 Å². The van der Waals surface area contributed by atoms with Crippen LogP contribution in [0.25, 0.3) is 0 Å². The molecular weight excluding hydrogens is 408 g/mol. The van der Waals surface area contributed by atoms with Crippen LogP contribution in [0.2, 0.25) is 0 Å². The average Bonchev–Trinajstić information content (AvgIpc) is 2.72. The molecule has 0 aliphatic carbocycles. The van der Waals surface area contributed by atoms with Gasteiger partial charge in [-0.05, 0) is 29.8 Å². The summed E-state index contributed by atoms with van der Waals surface area (Å²) in [6, 6.07) is 10.4. The van der Waals surface area contributed by atoms with Gasteiger partial charge in [-0.1, -0.05) is 12.1 Å². The number of benzene rings is 3. The fourth-order valence-electron chi connectivity index (χ4n) is 3.43. The van der Waals surface area contributed by atoms with Crippen molar-refractivity contribution in [2.75, 3.05) is 0 Å². The molecule has 31 heavy (non-hydrogen) atoms. The SMILES string of the molecule is O=C(O[C@@H]1Cc2c(O)cc(O)cc2O[C@H]1c1ccc(O)cc1)c1cc(O)c(O)c(O)c1. The number of fused-ring (bicyclic) bond motifs is 1. The highest BCUT2D eigenvalue weighted by atomic mass is 16.6. The fraction of sp³-hybridized carbons (Fsp3) is 0.136. The van der Waals surface area contributed by atoms with Crippen LogP contribution in [-0.4, -0.2) is 42.7 Å². The zero-order valence-electron chi connectivity index (χ0n) is 15.9. The normalized spacial score (nSPS) is 17.4. The summed E-state index contributed by atoms with van der Waals surface area (Å²) < 4.78 is 11.5. The molecule has 1 heterocycles. The molecule has 0 spiro atoms. The second-order valence-corrected chi connectivity index (χ2v) is 7.08. The van der Waals surface area contributed by atoms with E-state index in [1.54, 1.807) is 12.1 Å². The average molecular weight is 426 g/mol. The van der Waals surface area contributed by atoms with Crippen molar-refractivity contribution in [1.29, 1.82) is 0 Å². The van der Waals surface area contributed by atoms with Gasteiger partial charge in [0.05, 0.1) is 5.56 Å². The van der Waals surface area contributed by atoms with Gasteiger partial charge in [-0.15, -0.1) is 0 Å². The Morgan fingerprint density at radius 3 is 2.13 bits per heavy atom. The molecule has 0 radical (unpaired) electrons. The lowest BCUT2D eigenvalue weighted by Gasteiger charge is -2.34. The number of phenolic OH excluding ortho intramolecular Hbond substituents is 6. The monoisotopic (exact) mass is 426 g/mol. The predicted molar refractivity (Wildman–Crippen MR) is 106 cm³/mol. The summed E-state index contributed by atoms with van der Waals surface area (Å²) in [7, 11) is 0. The van der Waals surface area contributed by atoms with Crippen LogP contribution in [-0.2, 0) is 11.2 Å². The molecule has 3 aromatic carbocycles. The molecule has 0 amide bonds. The minimum atomic E-state index is -0.946. The maximum Gasteiger partial charge on any atom is 0.338 e. The van der Waals surface area contributed by atoms with Gasteiger partial charge in [0.25, 0.3) is 0 Å². The fourth-order valence-corrected chi connectivity index (χ4v) is 3.43. The first kappa shape index (κ1) is 20.0. The number of hydrogen-bond acceptors (Lipinski definition) is 9. The third kappa shape index (κ3) is 3.80. The summed E-state index contributed by atoms with van der Waals surface area (Å²) >= 11 is 0. The number of aromatic hydroxyl groups is 6. The van der Waals surface area contributed by atoms with Crippen molar-refractivity contribution in [3.8, 4) is 40.2 Å². The summed E-state index contributed by atoms with van der Waals surface area (Å²) in [6.45, 7) is 0. The Labute approximate surface area is 175 Å². The molecule has 1 aliphatic rings. The van der Waals surface area contributed by atoms with E-state index >= 15 is 0 Å². The topological polar surface area (TPSA) is 157 Å². The first-order chi connectivity index (χ1) is 14.7. The van der Waals surface area contributed by atoms with Crippen LogP contribution in [0.4, 0.5) is 0 Å². The number of carbonyl (C=O) groups excluding carboxylic acids is 1. The van der Waals surface area contributed by atoms with Crippen molar-refractivity contribution in [2.45, 2.75) is 18.6 Å². The summed E-state index contributed by atoms with van der Waals surface area (Å²) in [4.78, 5) is 12.7. The van der Waals surface area contributed by atoms with E-state index in [4.69, 9.17) is 9.47 Å². The Bertz CT molecular complexity index is 1130. The van der Waals surface area contributed by atoms with Crippen molar-refractivity contribution in [1.82, 2.24) is 0 Å². The molecule has 160 valence electrons. The van der Waals surface area contributed by atoms with E-state index in [2.05, 4.69) is 0 Å². The van der Waals surface area contributed by atoms with Crippen molar-refractivity contribution < 1.29 is 44.9 Å². The molecule has 0 saturated carbocycles. The number of ether oxygens (including phenoxy) is 2. The van der Waals surface area contributed by atoms with Crippen LogP contribution in [0.3, 0.4) is 0 Å². The summed E-state index contributed by atoms with van der Waals surface area (Å²) in [5.74, 6) is -3.27. The third-order valence-corrected chi connectivity index (χ3v) is 4.95. The van der Waals surface area contributed by atoms with Gasteiger partial charge >= 0.3 is 5.97 Å². The van der Waals surface area contributed by atoms with Crippen LogP contribution in [0.15, 0.2) is 48.5 Å². The Morgan fingerprint density at radius 2 is 1.48 bits per heavy atom. The Kier molecular flexibility index (Phi) is 4.86. The molecule has 9 heteroatoms. The highest BCUT2D eigenvalue weighted by Crippen LogP contribution is 2.43. The zero-order chi connectivity index (χ0) is 22.3. The summed E-state index contributed by atoms with van der Waals surface area (Å²) in [6.07, 6.45) is -1.76. The Morgan fingerprint density at radius 1 is 0.839 bits per heavy atom. The molecule has 4 rings (SSSR count). The number of hydrogen-bond donors (Lipinski definition) is 6. The second kappa shape index (κ2) is 7.52. The van der Waals surface area contributed by atoms with E-state index < -0.39 is 35.4 Å². The molecule has 0 fully saturated rings. The molecule has 0 unspecified atom stereocenters. The maximum absolute atomic E-state index is 12.7. The van der Waals surface area contributed by atoms with E-state index in [-0.39, 0.29) is 35.0 Å². The van der Waals surface area contributed by atoms with Gasteiger partial charge in [0.15, 0.2) is 23.4 Å². The van der Waals surface area contributed by atoms with Crippen molar-refractivity contribution in [2.24, 2.45) is 0 Å². The van der Waals surface area contributed by atoms with Crippen molar-refractivity contribution in [3.63, 3.8) is 0 Å². The van der Waals surface area contributed by atoms with Crippen molar-refractivity contribution >= 4 is 5.97 Å². The van der Waals surface area contributed by atoms with Gasteiger partial charge in [0, 0.05) is 24.1 Å². The van der Waals surface area contributed by atoms with Gasteiger partial charge in [-0.3, -0.25) is 0 Å². The van der Waals surface area contributed by atoms with Crippen LogP contribution in [0.1, 0.15) is 27.6 Å². The minimum absolute atomic E-state index is 0.0267. The molecule has 0 aromatic heterocycles. The van der Waals surface area contributed by atoms with Gasteiger partial charge in [-0.2, -0.15) is 0 Å². The summed E-state index contributed by atoms with van der Waals surface area (Å²) in [5.41, 5.74) is 0.667. The highest BCUT2D eigenvalue weighted by Gasteiger charge is 2.36. The van der Waals surface area contributed by atoms with Crippen LogP contribution < -0.4 is 4.74 Å². The predicted octanol–water partition coefficient (Wildman–Crippen LogP) is 2.82. The lowest BCUT2D eigenvalue weighted by atomic mass is 9.93. The van der Waals surface area contributed by atoms with Gasteiger partial charge in [-0.25, -0.2) is 4.79 Å². The number of rotatable bonds is 3. The van der Waals surface area contributed by atoms with E-state index in [0.717, 1.165) is 18.2 Å². The highest BCUT2D eigenvalue weighted by molar-refractivity contribution is 5.91. The van der Waals surface area contributed by atoms with Gasteiger partial charge < -0.3 is 40.1 Å². The van der Waals surface area contributed by atoms with Crippen LogP contribution in [0, 0.1) is 0 Å². The first-order valence-electron chi connectivity index (χ1n) is 9.19. The number of esters is 1. The second-order valence-electron chi connectivity index (χ2n) is 7.08. The molecule has 1 aliphatic heterocycles. The van der Waals surface area contributed by atoms with Crippen LogP contribution >= 0.6 is 0 Å². The number of phenols is 6. The Balaban J connectivity index is 1.70. The molecule has 0 bridgehead atoms. The van der Waals surface area contributed by atoms with E-state index in [0.29, 0.717) is 11.1 Å². The molecule has 0 saturated heterocycles. The van der Waals surface area contributed by atoms with Crippen molar-refractivity contribution in [3.05, 3.63) is 65.2 Å². The Hall–Kier alpha value is -4.27. The molecule has 3 aromatic rings. The lowest BCUT2D eigenvalue weighted by Crippen LogP contribution is -2.34. The van der Waals surface area contributed by atoms with Crippen LogP contribution in [0.5, 0.6) is 40.2 Å². The molecular formula is C22H18O9. The first-order valence-corrected chi connectivity index (χ1v) is 9.19. The maximum atomic E-state index is 12.7. The molecule has 6 N–H and O–H groups in total. The smallest absolute Gasteiger partial charge is 0.338 e. The zero-order valence-corrected chi connectivity index (χ0v) is 15.9. The summed E-state index contributed by atoms with van der Waals surface area (Å²) in [5, 5.41) is 58.3. The molecule has 2 atom stereocenters. The van der Waals surface area contributed by atoms with E-state index in [1.165, 1.54) is 18.2 Å². The third-order valence-electron chi connectivity index (χ3n) is 4.95. The van der Waals surface area contributed by atoms with E-state index in [1.807, 2.05) is 0 Å². The lowest BCUT2D eigenvalue weighted by molar-refractivity contribution is -0.0188. The standard InChI is InChI=1S/C22H18O9/c23-12-3-1-10(2-4-12)21-19(9-14-15(25)7-13(24)8-18(14)30-21)31-22(29)11-5-16(26)20(28)17(27)6-11/h1-8,19,21,23-28H,9H2/t19-,21+/m1/s1. The largest absolute Gasteiger partial charge is 0.508 e. The number of carbonyl (C=O) groups is 1. The van der Waals surface area contributed by atoms with E-state index in [9.17, 15) is 35.4 Å².